The molecule has 0 saturated carbocycles. The van der Waals surface area contributed by atoms with Crippen molar-refractivity contribution in [2.45, 2.75) is 309 Å². The molecule has 0 saturated heterocycles. The standard InChI is InChI=1S/C63H112O6/c1-4-7-10-13-16-19-22-25-27-29-30-31-32-34-35-38-41-44-47-50-53-56-62(65)68-59-60(58-67-61(64)55-52-49-46-43-40-37-24-21-18-15-12-9-6-3)69-63(66)57-54-51-48-45-42-39-36-33-28-26-23-20-17-14-11-8-5-2/h17,20-21,24,26,28,36,39,45,48,60H,4-16,18-19,22-23,25,27,29-35,37-38,40-44,46-47,49-59H2,1-3H3/b20-17-,24-21-,28-26-,39-36-,48-45-/t60-/m1/s1. The van der Waals surface area contributed by atoms with Crippen molar-refractivity contribution in [3.8, 4) is 0 Å². The Bertz CT molecular complexity index is 1250. The van der Waals surface area contributed by atoms with Gasteiger partial charge in [0, 0.05) is 19.3 Å². The van der Waals surface area contributed by atoms with E-state index in [1.165, 1.54) is 186 Å². The van der Waals surface area contributed by atoms with Crippen LogP contribution in [-0.4, -0.2) is 37.2 Å². The Hall–Kier alpha value is -2.89. The van der Waals surface area contributed by atoms with Gasteiger partial charge >= 0.3 is 17.9 Å². The predicted octanol–water partition coefficient (Wildman–Crippen LogP) is 20.0. The van der Waals surface area contributed by atoms with E-state index in [4.69, 9.17) is 14.2 Å². The van der Waals surface area contributed by atoms with Crippen LogP contribution in [-0.2, 0) is 28.6 Å². The maximum Gasteiger partial charge on any atom is 0.306 e. The molecular weight excluding hydrogens is 853 g/mol. The fraction of sp³-hybridized carbons (Fsp3) is 0.794. The minimum Gasteiger partial charge on any atom is -0.462 e. The molecule has 6 nitrogen and oxygen atoms in total. The second-order valence-corrected chi connectivity index (χ2v) is 19.9. The maximum absolute atomic E-state index is 12.8. The van der Waals surface area contributed by atoms with Gasteiger partial charge in [0.1, 0.15) is 13.2 Å². The Morgan fingerprint density at radius 2 is 0.536 bits per heavy atom. The van der Waals surface area contributed by atoms with E-state index >= 15 is 0 Å². The predicted molar refractivity (Wildman–Crippen MR) is 298 cm³/mol. The molecule has 0 unspecified atom stereocenters. The number of hydrogen-bond acceptors (Lipinski definition) is 6. The number of unbranched alkanes of at least 4 members (excludes halogenated alkanes) is 33. The van der Waals surface area contributed by atoms with Crippen LogP contribution in [0.2, 0.25) is 0 Å². The number of esters is 3. The van der Waals surface area contributed by atoms with Crippen LogP contribution in [0.5, 0.6) is 0 Å². The molecule has 0 bridgehead atoms. The number of ether oxygens (including phenoxy) is 3. The zero-order chi connectivity index (χ0) is 50.0. The van der Waals surface area contributed by atoms with Crippen LogP contribution < -0.4 is 0 Å². The first kappa shape index (κ1) is 66.1. The molecule has 6 heteroatoms. The van der Waals surface area contributed by atoms with E-state index in [-0.39, 0.29) is 37.5 Å². The Morgan fingerprint density at radius 3 is 0.913 bits per heavy atom. The second-order valence-electron chi connectivity index (χ2n) is 19.9. The smallest absolute Gasteiger partial charge is 0.306 e. The number of carbonyl (C=O) groups is 3. The highest BCUT2D eigenvalue weighted by atomic mass is 16.6. The average molecular weight is 966 g/mol. The van der Waals surface area contributed by atoms with Crippen molar-refractivity contribution < 1.29 is 28.6 Å². The summed E-state index contributed by atoms with van der Waals surface area (Å²) >= 11 is 0. The Labute approximate surface area is 428 Å². The highest BCUT2D eigenvalue weighted by Crippen LogP contribution is 2.16. The summed E-state index contributed by atoms with van der Waals surface area (Å²) in [5.41, 5.74) is 0. The van der Waals surface area contributed by atoms with Crippen LogP contribution in [0.25, 0.3) is 0 Å². The molecule has 0 aromatic rings. The van der Waals surface area contributed by atoms with Gasteiger partial charge in [-0.1, -0.05) is 261 Å². The molecule has 0 N–H and O–H groups in total. The van der Waals surface area contributed by atoms with Gasteiger partial charge in [0.25, 0.3) is 0 Å². The van der Waals surface area contributed by atoms with Crippen LogP contribution >= 0.6 is 0 Å². The molecule has 0 amide bonds. The van der Waals surface area contributed by atoms with Crippen molar-refractivity contribution in [1.29, 1.82) is 0 Å². The van der Waals surface area contributed by atoms with E-state index < -0.39 is 6.10 Å². The first-order chi connectivity index (χ1) is 34.0. The van der Waals surface area contributed by atoms with Gasteiger partial charge in [0.05, 0.1) is 0 Å². The lowest BCUT2D eigenvalue weighted by Gasteiger charge is -2.18. The molecular formula is C63H112O6. The molecule has 0 aliphatic carbocycles. The summed E-state index contributed by atoms with van der Waals surface area (Å²) in [5, 5.41) is 0. The largest absolute Gasteiger partial charge is 0.462 e. The number of rotatable bonds is 54. The van der Waals surface area contributed by atoms with Gasteiger partial charge < -0.3 is 14.2 Å². The normalized spacial score (nSPS) is 12.4. The van der Waals surface area contributed by atoms with Gasteiger partial charge in [0.15, 0.2) is 6.10 Å². The highest BCUT2D eigenvalue weighted by molar-refractivity contribution is 5.71. The Kier molecular flexibility index (Phi) is 55.3. The molecule has 0 aliphatic heterocycles. The van der Waals surface area contributed by atoms with E-state index in [1.807, 2.05) is 0 Å². The third kappa shape index (κ3) is 55.9. The molecule has 0 radical (unpaired) electrons. The van der Waals surface area contributed by atoms with Crippen molar-refractivity contribution in [2.75, 3.05) is 13.2 Å². The Balaban J connectivity index is 4.38. The summed E-state index contributed by atoms with van der Waals surface area (Å²) in [7, 11) is 0. The fourth-order valence-electron chi connectivity index (χ4n) is 8.49. The molecule has 0 rings (SSSR count). The van der Waals surface area contributed by atoms with Crippen molar-refractivity contribution in [1.82, 2.24) is 0 Å². The average Bonchev–Trinajstić information content (AvgIpc) is 3.35. The van der Waals surface area contributed by atoms with Crippen molar-refractivity contribution in [2.24, 2.45) is 0 Å². The first-order valence-corrected chi connectivity index (χ1v) is 29.8. The zero-order valence-corrected chi connectivity index (χ0v) is 45.8. The number of carbonyl (C=O) groups excluding carboxylic acids is 3. The van der Waals surface area contributed by atoms with E-state index in [0.717, 1.165) is 70.6 Å². The van der Waals surface area contributed by atoms with Crippen LogP contribution in [0, 0.1) is 0 Å². The highest BCUT2D eigenvalue weighted by Gasteiger charge is 2.19. The van der Waals surface area contributed by atoms with Crippen LogP contribution in [0.15, 0.2) is 60.8 Å². The lowest BCUT2D eigenvalue weighted by Crippen LogP contribution is -2.30. The van der Waals surface area contributed by atoms with Gasteiger partial charge in [-0.25, -0.2) is 0 Å². The lowest BCUT2D eigenvalue weighted by atomic mass is 10.0. The van der Waals surface area contributed by atoms with E-state index in [2.05, 4.69) is 81.5 Å². The summed E-state index contributed by atoms with van der Waals surface area (Å²) in [5.74, 6) is -0.949. The molecule has 0 aliphatic rings. The third-order valence-electron chi connectivity index (χ3n) is 13.0. The monoisotopic (exact) mass is 965 g/mol. The van der Waals surface area contributed by atoms with Crippen LogP contribution in [0.4, 0.5) is 0 Å². The van der Waals surface area contributed by atoms with Gasteiger partial charge in [0.2, 0.25) is 0 Å². The minimum atomic E-state index is -0.804. The van der Waals surface area contributed by atoms with Gasteiger partial charge in [-0.15, -0.1) is 0 Å². The molecule has 0 aromatic carbocycles. The Morgan fingerprint density at radius 1 is 0.290 bits per heavy atom. The first-order valence-electron chi connectivity index (χ1n) is 29.8. The van der Waals surface area contributed by atoms with E-state index in [0.29, 0.717) is 19.3 Å². The summed E-state index contributed by atoms with van der Waals surface area (Å²) in [4.78, 5) is 38.1. The summed E-state index contributed by atoms with van der Waals surface area (Å²) in [6.45, 7) is 6.58. The summed E-state index contributed by atoms with van der Waals surface area (Å²) in [6, 6.07) is 0. The van der Waals surface area contributed by atoms with Crippen molar-refractivity contribution >= 4 is 17.9 Å². The van der Waals surface area contributed by atoms with Crippen molar-refractivity contribution in [3.63, 3.8) is 0 Å². The maximum atomic E-state index is 12.8. The minimum absolute atomic E-state index is 0.0958. The molecule has 69 heavy (non-hydrogen) atoms. The van der Waals surface area contributed by atoms with Gasteiger partial charge in [-0.05, 0) is 83.5 Å². The third-order valence-corrected chi connectivity index (χ3v) is 13.0. The zero-order valence-electron chi connectivity index (χ0n) is 45.8. The lowest BCUT2D eigenvalue weighted by molar-refractivity contribution is -0.167. The molecule has 0 heterocycles. The van der Waals surface area contributed by atoms with E-state index in [9.17, 15) is 14.4 Å². The SMILES string of the molecule is CCCCC/C=C\C/C=C\C/C=C\C/C=C\CCCC(=O)O[C@H](COC(=O)CCCCCCC/C=C\CCCCCC)COC(=O)CCCCCCCCCCCCCCCCCCCCCCC. The van der Waals surface area contributed by atoms with Crippen LogP contribution in [0.3, 0.4) is 0 Å². The van der Waals surface area contributed by atoms with E-state index in [1.54, 1.807) is 0 Å². The van der Waals surface area contributed by atoms with Crippen LogP contribution in [0.1, 0.15) is 303 Å². The molecule has 0 aromatic heterocycles. The number of allylic oxidation sites excluding steroid dienone is 10. The molecule has 1 atom stereocenters. The topological polar surface area (TPSA) is 78.9 Å². The van der Waals surface area contributed by atoms with Gasteiger partial charge in [-0.2, -0.15) is 0 Å². The molecule has 0 spiro atoms. The molecule has 0 fully saturated rings. The fourth-order valence-corrected chi connectivity index (χ4v) is 8.49. The summed E-state index contributed by atoms with van der Waals surface area (Å²) < 4.78 is 16.8. The second kappa shape index (κ2) is 57.7. The molecule has 400 valence electrons. The quantitative estimate of drug-likeness (QED) is 0.0262. The summed E-state index contributed by atoms with van der Waals surface area (Å²) in [6.07, 6.45) is 72.2. The van der Waals surface area contributed by atoms with Crippen molar-refractivity contribution in [3.05, 3.63) is 60.8 Å². The van der Waals surface area contributed by atoms with Gasteiger partial charge in [-0.3, -0.25) is 14.4 Å². The number of hydrogen-bond donors (Lipinski definition) is 0.